The molecule has 9 heteroatoms. The highest BCUT2D eigenvalue weighted by atomic mass is 35.5. The van der Waals surface area contributed by atoms with Crippen LogP contribution in [0.25, 0.3) is 33.8 Å². The van der Waals surface area contributed by atoms with Crippen molar-refractivity contribution in [2.75, 3.05) is 0 Å². The fraction of sp³-hybridized carbons (Fsp3) is 0.0556. The first-order valence-electron chi connectivity index (χ1n) is 7.67. The highest BCUT2D eigenvalue weighted by molar-refractivity contribution is 6.35. The average Bonchev–Trinajstić information content (AvgIpc) is 3.06. The number of fused-ring (bicyclic) bond motifs is 1. The van der Waals surface area contributed by atoms with Crippen molar-refractivity contribution in [2.24, 2.45) is 0 Å². The van der Waals surface area contributed by atoms with Crippen LogP contribution in [0, 0.1) is 0 Å². The number of hydrogen-bond acceptors (Lipinski definition) is 3. The summed E-state index contributed by atoms with van der Waals surface area (Å²) in [6.45, 7) is 0. The summed E-state index contributed by atoms with van der Waals surface area (Å²) in [6.07, 6.45) is -1.31. The smallest absolute Gasteiger partial charge is 0.337 e. The van der Waals surface area contributed by atoms with Gasteiger partial charge in [0.25, 0.3) is 0 Å². The summed E-state index contributed by atoms with van der Waals surface area (Å²) in [4.78, 5) is 15.6. The Kier molecular flexibility index (Phi) is 4.28. The Bertz CT molecular complexity index is 1140. The number of nitrogens with one attached hydrogen (secondary N) is 1. The first-order valence-corrected chi connectivity index (χ1v) is 8.42. The first-order chi connectivity index (χ1) is 12.8. The molecule has 4 aromatic rings. The lowest BCUT2D eigenvalue weighted by atomic mass is 10.2. The van der Waals surface area contributed by atoms with Gasteiger partial charge in [-0.05, 0) is 36.4 Å². The largest absolute Gasteiger partial charge is 0.416 e. The van der Waals surface area contributed by atoms with Gasteiger partial charge in [0.2, 0.25) is 0 Å². The molecule has 0 aliphatic carbocycles. The van der Waals surface area contributed by atoms with E-state index in [9.17, 15) is 13.2 Å². The molecule has 27 heavy (non-hydrogen) atoms. The Morgan fingerprint density at radius 1 is 0.963 bits per heavy atom. The quantitative estimate of drug-likeness (QED) is 0.441. The Hall–Kier alpha value is -2.64. The molecule has 3 heterocycles. The van der Waals surface area contributed by atoms with E-state index < -0.39 is 11.7 Å². The minimum absolute atomic E-state index is 0.0841. The lowest BCUT2D eigenvalue weighted by molar-refractivity contribution is -0.137. The van der Waals surface area contributed by atoms with E-state index >= 15 is 0 Å². The minimum atomic E-state index is -4.50. The fourth-order valence-corrected chi connectivity index (χ4v) is 3.12. The third-order valence-electron chi connectivity index (χ3n) is 3.91. The number of imidazole rings is 1. The molecular formula is C18H9Cl2F3N4. The van der Waals surface area contributed by atoms with Crippen molar-refractivity contribution in [3.63, 3.8) is 0 Å². The van der Waals surface area contributed by atoms with Crippen LogP contribution >= 0.6 is 23.2 Å². The number of aromatic nitrogens is 4. The van der Waals surface area contributed by atoms with Gasteiger partial charge in [-0.2, -0.15) is 13.2 Å². The van der Waals surface area contributed by atoms with Crippen LogP contribution < -0.4 is 0 Å². The lowest BCUT2D eigenvalue weighted by Gasteiger charge is -2.06. The van der Waals surface area contributed by atoms with E-state index in [0.717, 1.165) is 12.1 Å². The van der Waals surface area contributed by atoms with E-state index in [0.29, 0.717) is 27.8 Å². The van der Waals surface area contributed by atoms with Crippen molar-refractivity contribution in [1.29, 1.82) is 0 Å². The van der Waals surface area contributed by atoms with Gasteiger partial charge in [0, 0.05) is 18.0 Å². The van der Waals surface area contributed by atoms with E-state index in [1.807, 2.05) is 0 Å². The van der Waals surface area contributed by atoms with E-state index in [1.165, 1.54) is 0 Å². The van der Waals surface area contributed by atoms with Crippen molar-refractivity contribution in [3.05, 3.63) is 64.4 Å². The molecule has 0 aliphatic rings. The van der Waals surface area contributed by atoms with Crippen LogP contribution in [-0.4, -0.2) is 19.9 Å². The predicted molar refractivity (Wildman–Crippen MR) is 97.6 cm³/mol. The molecule has 3 aromatic heterocycles. The van der Waals surface area contributed by atoms with Gasteiger partial charge in [0.1, 0.15) is 11.2 Å². The molecule has 0 spiro atoms. The van der Waals surface area contributed by atoms with Crippen molar-refractivity contribution in [1.82, 2.24) is 19.9 Å². The monoisotopic (exact) mass is 408 g/mol. The maximum absolute atomic E-state index is 12.9. The van der Waals surface area contributed by atoms with Crippen molar-refractivity contribution in [2.45, 2.75) is 6.18 Å². The lowest BCUT2D eigenvalue weighted by Crippen LogP contribution is -2.04. The molecule has 0 unspecified atom stereocenters. The zero-order valence-corrected chi connectivity index (χ0v) is 14.9. The summed E-state index contributed by atoms with van der Waals surface area (Å²) < 4.78 is 38.8. The van der Waals surface area contributed by atoms with Gasteiger partial charge in [-0.3, -0.25) is 9.97 Å². The molecule has 0 fully saturated rings. The zero-order chi connectivity index (χ0) is 19.2. The third-order valence-corrected chi connectivity index (χ3v) is 4.50. The second kappa shape index (κ2) is 6.51. The number of hydrogen-bond donors (Lipinski definition) is 1. The second-order valence-corrected chi connectivity index (χ2v) is 6.52. The van der Waals surface area contributed by atoms with E-state index in [1.54, 1.807) is 36.7 Å². The molecule has 0 saturated carbocycles. The van der Waals surface area contributed by atoms with Gasteiger partial charge in [0.05, 0.1) is 26.8 Å². The first kappa shape index (κ1) is 17.8. The van der Waals surface area contributed by atoms with Crippen molar-refractivity contribution >= 4 is 34.2 Å². The Balaban J connectivity index is 1.74. The highest BCUT2D eigenvalue weighted by Gasteiger charge is 2.31. The average molecular weight is 409 g/mol. The number of aromatic amines is 1. The van der Waals surface area contributed by atoms with Crippen molar-refractivity contribution < 1.29 is 13.2 Å². The van der Waals surface area contributed by atoms with Gasteiger partial charge >= 0.3 is 6.18 Å². The fourth-order valence-electron chi connectivity index (χ4n) is 2.63. The highest BCUT2D eigenvalue weighted by Crippen LogP contribution is 2.35. The SMILES string of the molecule is FC(F)(F)c1cc(Cl)c2nc(-c3ccc(-c4ncccc4Cl)cn3)[nH]c2c1. The predicted octanol–water partition coefficient (Wildman–Crippen LogP) is 6.01. The zero-order valence-electron chi connectivity index (χ0n) is 13.4. The van der Waals surface area contributed by atoms with E-state index in [2.05, 4.69) is 19.9 Å². The molecule has 0 atom stereocenters. The number of alkyl halides is 3. The van der Waals surface area contributed by atoms with Crippen LogP contribution in [-0.2, 0) is 6.18 Å². The summed E-state index contributed by atoms with van der Waals surface area (Å²) in [5, 5.41) is 0.404. The molecule has 1 aromatic carbocycles. The molecule has 0 saturated heterocycles. The number of pyridine rings is 2. The summed E-state index contributed by atoms with van der Waals surface area (Å²) in [5.74, 6) is 0.310. The molecule has 0 aliphatic heterocycles. The minimum Gasteiger partial charge on any atom is -0.337 e. The molecule has 136 valence electrons. The summed E-state index contributed by atoms with van der Waals surface area (Å²) in [5.41, 5.74) is 1.33. The number of H-pyrrole nitrogens is 1. The van der Waals surface area contributed by atoms with Gasteiger partial charge in [-0.1, -0.05) is 23.2 Å². The van der Waals surface area contributed by atoms with Gasteiger partial charge in [-0.15, -0.1) is 0 Å². The number of nitrogens with zero attached hydrogens (tertiary/aromatic N) is 3. The topological polar surface area (TPSA) is 54.5 Å². The Morgan fingerprint density at radius 3 is 2.44 bits per heavy atom. The maximum Gasteiger partial charge on any atom is 0.416 e. The van der Waals surface area contributed by atoms with Gasteiger partial charge in [-0.25, -0.2) is 4.98 Å². The number of halogens is 5. The third kappa shape index (κ3) is 3.36. The molecule has 4 rings (SSSR count). The summed E-state index contributed by atoms with van der Waals surface area (Å²) in [6, 6.07) is 8.70. The molecular weight excluding hydrogens is 400 g/mol. The van der Waals surface area contributed by atoms with Crippen LogP contribution in [0.2, 0.25) is 10.0 Å². The maximum atomic E-state index is 12.9. The molecule has 0 amide bonds. The Labute approximate surface area is 161 Å². The molecule has 0 bridgehead atoms. The van der Waals surface area contributed by atoms with Crippen LogP contribution in [0.4, 0.5) is 13.2 Å². The Morgan fingerprint density at radius 2 is 1.78 bits per heavy atom. The second-order valence-electron chi connectivity index (χ2n) is 5.70. The normalized spacial score (nSPS) is 11.9. The summed E-state index contributed by atoms with van der Waals surface area (Å²) >= 11 is 12.1. The van der Waals surface area contributed by atoms with E-state index in [-0.39, 0.29) is 16.1 Å². The van der Waals surface area contributed by atoms with Crippen LogP contribution in [0.5, 0.6) is 0 Å². The summed E-state index contributed by atoms with van der Waals surface area (Å²) in [7, 11) is 0. The standard InChI is InChI=1S/C18H9Cl2F3N4/c19-11-2-1-5-24-15(11)9-3-4-13(25-8-9)17-26-14-7-10(18(21,22)23)6-12(20)16(14)27-17/h1-8H,(H,26,27). The molecule has 4 nitrogen and oxygen atoms in total. The number of benzene rings is 1. The van der Waals surface area contributed by atoms with Crippen LogP contribution in [0.15, 0.2) is 48.8 Å². The van der Waals surface area contributed by atoms with Crippen molar-refractivity contribution in [3.8, 4) is 22.8 Å². The van der Waals surface area contributed by atoms with Gasteiger partial charge in [0.15, 0.2) is 5.82 Å². The van der Waals surface area contributed by atoms with E-state index in [4.69, 9.17) is 23.2 Å². The van der Waals surface area contributed by atoms with Crippen LogP contribution in [0.3, 0.4) is 0 Å². The molecule has 0 radical (unpaired) electrons. The van der Waals surface area contributed by atoms with Gasteiger partial charge < -0.3 is 4.98 Å². The van der Waals surface area contributed by atoms with Crippen LogP contribution in [0.1, 0.15) is 5.56 Å². The number of rotatable bonds is 2. The molecule has 1 N–H and O–H groups in total.